The van der Waals surface area contributed by atoms with E-state index in [1.165, 1.54) is 4.31 Å². The van der Waals surface area contributed by atoms with Crippen LogP contribution in [0.4, 0.5) is 0 Å². The molecule has 6 nitrogen and oxygen atoms in total. The zero-order valence-corrected chi connectivity index (χ0v) is 11.5. The molecule has 1 aromatic carbocycles. The van der Waals surface area contributed by atoms with E-state index in [2.05, 4.69) is 5.32 Å². The summed E-state index contributed by atoms with van der Waals surface area (Å²) in [5.74, 6) is -0.276. The van der Waals surface area contributed by atoms with Gasteiger partial charge in [-0.1, -0.05) is 12.1 Å². The lowest BCUT2D eigenvalue weighted by Gasteiger charge is -2.26. The molecule has 1 saturated heterocycles. The van der Waals surface area contributed by atoms with Gasteiger partial charge in [-0.15, -0.1) is 0 Å². The Morgan fingerprint density at radius 3 is 2.79 bits per heavy atom. The van der Waals surface area contributed by atoms with Gasteiger partial charge in [-0.25, -0.2) is 8.42 Å². The van der Waals surface area contributed by atoms with Crippen molar-refractivity contribution in [1.82, 2.24) is 9.62 Å². The Labute approximate surface area is 112 Å². The highest BCUT2D eigenvalue weighted by molar-refractivity contribution is 7.89. The van der Waals surface area contributed by atoms with Crippen LogP contribution in [0.2, 0.25) is 0 Å². The number of hydrogen-bond donors (Lipinski definition) is 2. The van der Waals surface area contributed by atoms with Gasteiger partial charge in [0.05, 0.1) is 11.4 Å². The third-order valence-corrected chi connectivity index (χ3v) is 5.10. The summed E-state index contributed by atoms with van der Waals surface area (Å²) in [6.07, 6.45) is 0. The van der Waals surface area contributed by atoms with Gasteiger partial charge in [-0.2, -0.15) is 4.31 Å². The van der Waals surface area contributed by atoms with E-state index in [0.717, 1.165) is 5.56 Å². The topological polar surface area (TPSA) is 92.5 Å². The van der Waals surface area contributed by atoms with Gasteiger partial charge in [0.15, 0.2) is 0 Å². The van der Waals surface area contributed by atoms with Gasteiger partial charge in [-0.05, 0) is 24.1 Å². The Hall–Kier alpha value is -1.44. The van der Waals surface area contributed by atoms with Crippen LogP contribution in [0.15, 0.2) is 23.1 Å². The van der Waals surface area contributed by atoms with Crippen LogP contribution in [0.3, 0.4) is 0 Å². The molecular weight excluding hydrogens is 266 g/mol. The van der Waals surface area contributed by atoms with Crippen LogP contribution in [0.25, 0.3) is 0 Å². The second kappa shape index (κ2) is 5.28. The van der Waals surface area contributed by atoms with Gasteiger partial charge in [0.1, 0.15) is 0 Å². The van der Waals surface area contributed by atoms with Gasteiger partial charge >= 0.3 is 0 Å². The summed E-state index contributed by atoms with van der Waals surface area (Å²) in [4.78, 5) is 11.5. The maximum absolute atomic E-state index is 12.5. The van der Waals surface area contributed by atoms with Gasteiger partial charge < -0.3 is 11.1 Å². The molecule has 19 heavy (non-hydrogen) atoms. The minimum atomic E-state index is -3.64. The van der Waals surface area contributed by atoms with Crippen LogP contribution < -0.4 is 11.1 Å². The molecule has 7 heteroatoms. The van der Waals surface area contributed by atoms with Crippen LogP contribution in [0.5, 0.6) is 0 Å². The van der Waals surface area contributed by atoms with E-state index in [-0.39, 0.29) is 23.9 Å². The minimum Gasteiger partial charge on any atom is -0.354 e. The summed E-state index contributed by atoms with van der Waals surface area (Å²) in [5, 5.41) is 2.61. The van der Waals surface area contributed by atoms with Crippen molar-refractivity contribution in [3.05, 3.63) is 29.3 Å². The molecule has 1 aliphatic rings. The quantitative estimate of drug-likeness (QED) is 0.787. The van der Waals surface area contributed by atoms with Gasteiger partial charge in [0.2, 0.25) is 15.9 Å². The number of nitrogens with two attached hydrogens (primary N) is 1. The van der Waals surface area contributed by atoms with E-state index in [4.69, 9.17) is 5.73 Å². The predicted octanol–water partition coefficient (Wildman–Crippen LogP) is -0.426. The van der Waals surface area contributed by atoms with Crippen LogP contribution in [-0.2, 0) is 21.4 Å². The predicted molar refractivity (Wildman–Crippen MR) is 70.8 cm³/mol. The van der Waals surface area contributed by atoms with E-state index in [1.807, 2.05) is 0 Å². The average molecular weight is 283 g/mol. The fourth-order valence-corrected chi connectivity index (χ4v) is 3.68. The summed E-state index contributed by atoms with van der Waals surface area (Å²) in [6.45, 7) is 2.52. The summed E-state index contributed by atoms with van der Waals surface area (Å²) >= 11 is 0. The number of benzene rings is 1. The van der Waals surface area contributed by atoms with Crippen LogP contribution in [0, 0.1) is 6.92 Å². The molecular formula is C12H17N3O3S. The Balaban J connectivity index is 2.41. The molecule has 104 valence electrons. The van der Waals surface area contributed by atoms with E-state index in [0.29, 0.717) is 18.7 Å². The van der Waals surface area contributed by atoms with Gasteiger partial charge in [-0.3, -0.25) is 4.79 Å². The first kappa shape index (κ1) is 14.0. The highest BCUT2D eigenvalue weighted by Crippen LogP contribution is 2.21. The lowest BCUT2D eigenvalue weighted by molar-refractivity contribution is -0.122. The molecule has 0 spiro atoms. The lowest BCUT2D eigenvalue weighted by atomic mass is 10.1. The first-order valence-electron chi connectivity index (χ1n) is 6.01. The van der Waals surface area contributed by atoms with Crippen molar-refractivity contribution in [3.8, 4) is 0 Å². The Kier molecular flexibility index (Phi) is 3.88. The third kappa shape index (κ3) is 2.78. The number of amides is 1. The number of sulfonamides is 1. The summed E-state index contributed by atoms with van der Waals surface area (Å²) in [6, 6.07) is 5.12. The third-order valence-electron chi connectivity index (χ3n) is 3.11. The fraction of sp³-hybridized carbons (Fsp3) is 0.417. The van der Waals surface area contributed by atoms with E-state index >= 15 is 0 Å². The zero-order chi connectivity index (χ0) is 14.0. The monoisotopic (exact) mass is 283 g/mol. The summed E-state index contributed by atoms with van der Waals surface area (Å²) < 4.78 is 26.3. The molecule has 1 aromatic rings. The van der Waals surface area contributed by atoms with Crippen molar-refractivity contribution in [1.29, 1.82) is 0 Å². The van der Waals surface area contributed by atoms with Crippen molar-refractivity contribution < 1.29 is 13.2 Å². The SMILES string of the molecule is Cc1ccc(CN)cc1S(=O)(=O)N1CCNC(=O)C1. The van der Waals surface area contributed by atoms with Crippen LogP contribution in [0.1, 0.15) is 11.1 Å². The smallest absolute Gasteiger partial charge is 0.243 e. The Morgan fingerprint density at radius 2 is 2.16 bits per heavy atom. The van der Waals surface area contributed by atoms with Gasteiger partial charge in [0.25, 0.3) is 0 Å². The normalized spacial score (nSPS) is 17.3. The zero-order valence-electron chi connectivity index (χ0n) is 10.7. The molecule has 0 atom stereocenters. The highest BCUT2D eigenvalue weighted by Gasteiger charge is 2.30. The molecule has 1 amide bonds. The highest BCUT2D eigenvalue weighted by atomic mass is 32.2. The largest absolute Gasteiger partial charge is 0.354 e. The summed E-state index contributed by atoms with van der Waals surface area (Å²) in [7, 11) is -3.64. The Morgan fingerprint density at radius 1 is 1.42 bits per heavy atom. The van der Waals surface area contributed by atoms with E-state index in [9.17, 15) is 13.2 Å². The van der Waals surface area contributed by atoms with E-state index < -0.39 is 10.0 Å². The molecule has 0 radical (unpaired) electrons. The molecule has 2 rings (SSSR count). The first-order chi connectivity index (χ1) is 8.95. The molecule has 0 aliphatic carbocycles. The van der Waals surface area contributed by atoms with Crippen molar-refractivity contribution >= 4 is 15.9 Å². The number of piperazine rings is 1. The van der Waals surface area contributed by atoms with Crippen LogP contribution >= 0.6 is 0 Å². The van der Waals surface area contributed by atoms with Crippen molar-refractivity contribution in [2.75, 3.05) is 19.6 Å². The summed E-state index contributed by atoms with van der Waals surface area (Å²) in [5.41, 5.74) is 6.95. The van der Waals surface area contributed by atoms with Gasteiger partial charge in [0, 0.05) is 19.6 Å². The fourth-order valence-electron chi connectivity index (χ4n) is 2.01. The first-order valence-corrected chi connectivity index (χ1v) is 7.45. The average Bonchev–Trinajstić information content (AvgIpc) is 2.39. The van der Waals surface area contributed by atoms with Crippen LogP contribution in [-0.4, -0.2) is 38.3 Å². The number of rotatable bonds is 3. The molecule has 0 saturated carbocycles. The Bertz CT molecular complexity index is 598. The maximum Gasteiger partial charge on any atom is 0.243 e. The molecule has 0 unspecified atom stereocenters. The second-order valence-corrected chi connectivity index (χ2v) is 6.40. The van der Waals surface area contributed by atoms with Crippen molar-refractivity contribution in [3.63, 3.8) is 0 Å². The lowest BCUT2D eigenvalue weighted by Crippen LogP contribution is -2.49. The molecule has 1 heterocycles. The number of carbonyl (C=O) groups is 1. The molecule has 0 aromatic heterocycles. The second-order valence-electron chi connectivity index (χ2n) is 4.49. The molecule has 3 N–H and O–H groups in total. The number of nitrogens with zero attached hydrogens (tertiary/aromatic N) is 1. The maximum atomic E-state index is 12.5. The molecule has 1 aliphatic heterocycles. The minimum absolute atomic E-state index is 0.130. The number of aryl methyl sites for hydroxylation is 1. The number of nitrogens with one attached hydrogen (secondary N) is 1. The molecule has 0 bridgehead atoms. The molecule has 1 fully saturated rings. The standard InChI is InChI=1S/C12H17N3O3S/c1-9-2-3-10(7-13)6-11(9)19(17,18)15-5-4-14-12(16)8-15/h2-3,6H,4-5,7-8,13H2,1H3,(H,14,16). The van der Waals surface area contributed by atoms with Crippen molar-refractivity contribution in [2.24, 2.45) is 5.73 Å². The number of hydrogen-bond acceptors (Lipinski definition) is 4. The van der Waals surface area contributed by atoms with E-state index in [1.54, 1.807) is 25.1 Å². The number of carbonyl (C=O) groups excluding carboxylic acids is 1. The van der Waals surface area contributed by atoms with Crippen molar-refractivity contribution in [2.45, 2.75) is 18.4 Å².